The number of carboxylic acids is 1. The van der Waals surface area contributed by atoms with Gasteiger partial charge in [-0.3, -0.25) is 4.68 Å². The van der Waals surface area contributed by atoms with E-state index in [1.807, 2.05) is 12.3 Å². The molecule has 88 valence electrons. The van der Waals surface area contributed by atoms with E-state index >= 15 is 0 Å². The van der Waals surface area contributed by atoms with Gasteiger partial charge in [-0.25, -0.2) is 9.78 Å². The average Bonchev–Trinajstić information content (AvgIpc) is 2.82. The number of aryl methyl sites for hydroxylation is 1. The van der Waals surface area contributed by atoms with Gasteiger partial charge < -0.3 is 5.11 Å². The SMILES string of the molecule is O=C(O)c1cccnc1SCCn1cccn1. The third-order valence-electron chi connectivity index (χ3n) is 2.12. The quantitative estimate of drug-likeness (QED) is 0.818. The first kappa shape index (κ1) is 11.7. The Morgan fingerprint density at radius 1 is 1.41 bits per heavy atom. The molecule has 2 heterocycles. The van der Waals surface area contributed by atoms with E-state index in [4.69, 9.17) is 5.11 Å². The topological polar surface area (TPSA) is 68.0 Å². The minimum absolute atomic E-state index is 0.248. The van der Waals surface area contributed by atoms with E-state index in [0.29, 0.717) is 5.03 Å². The summed E-state index contributed by atoms with van der Waals surface area (Å²) in [6.45, 7) is 0.729. The zero-order chi connectivity index (χ0) is 12.1. The first-order valence-corrected chi connectivity index (χ1v) is 6.04. The summed E-state index contributed by atoms with van der Waals surface area (Å²) in [7, 11) is 0. The van der Waals surface area contributed by atoms with Gasteiger partial charge in [0, 0.05) is 24.3 Å². The number of thioether (sulfide) groups is 1. The second-order valence-corrected chi connectivity index (χ2v) is 4.36. The summed E-state index contributed by atoms with van der Waals surface area (Å²) >= 11 is 1.42. The molecule has 0 fully saturated rings. The van der Waals surface area contributed by atoms with Crippen LogP contribution >= 0.6 is 11.8 Å². The molecule has 0 aliphatic carbocycles. The third kappa shape index (κ3) is 3.07. The fourth-order valence-electron chi connectivity index (χ4n) is 1.34. The van der Waals surface area contributed by atoms with Gasteiger partial charge in [0.1, 0.15) is 5.03 Å². The van der Waals surface area contributed by atoms with Crippen molar-refractivity contribution in [3.63, 3.8) is 0 Å². The van der Waals surface area contributed by atoms with Gasteiger partial charge in [0.2, 0.25) is 0 Å². The summed E-state index contributed by atoms with van der Waals surface area (Å²) in [6, 6.07) is 5.04. The van der Waals surface area contributed by atoms with Crippen LogP contribution in [-0.4, -0.2) is 31.6 Å². The van der Waals surface area contributed by atoms with Gasteiger partial charge in [-0.2, -0.15) is 5.10 Å². The van der Waals surface area contributed by atoms with Crippen molar-refractivity contribution >= 4 is 17.7 Å². The molecule has 2 rings (SSSR count). The van der Waals surface area contributed by atoms with Crippen molar-refractivity contribution in [1.82, 2.24) is 14.8 Å². The first-order valence-electron chi connectivity index (χ1n) is 5.06. The molecular formula is C11H11N3O2S. The van der Waals surface area contributed by atoms with Gasteiger partial charge >= 0.3 is 5.97 Å². The predicted octanol–water partition coefficient (Wildman–Crippen LogP) is 1.77. The summed E-state index contributed by atoms with van der Waals surface area (Å²) in [4.78, 5) is 15.0. The van der Waals surface area contributed by atoms with Crippen LogP contribution < -0.4 is 0 Å². The summed E-state index contributed by atoms with van der Waals surface area (Å²) in [6.07, 6.45) is 5.19. The molecule has 0 bridgehead atoms. The summed E-state index contributed by atoms with van der Waals surface area (Å²) in [5.41, 5.74) is 0.248. The van der Waals surface area contributed by atoms with Crippen molar-refractivity contribution < 1.29 is 9.90 Å². The highest BCUT2D eigenvalue weighted by molar-refractivity contribution is 7.99. The van der Waals surface area contributed by atoms with Crippen molar-refractivity contribution in [2.45, 2.75) is 11.6 Å². The molecule has 0 saturated carbocycles. The second-order valence-electron chi connectivity index (χ2n) is 3.28. The highest BCUT2D eigenvalue weighted by atomic mass is 32.2. The average molecular weight is 249 g/mol. The van der Waals surface area contributed by atoms with E-state index in [1.54, 1.807) is 29.2 Å². The zero-order valence-electron chi connectivity index (χ0n) is 8.98. The van der Waals surface area contributed by atoms with Crippen molar-refractivity contribution in [1.29, 1.82) is 0 Å². The standard InChI is InChI=1S/C11H11N3O2S/c15-11(16)9-3-1-4-12-10(9)17-8-7-14-6-2-5-13-14/h1-6H,7-8H2,(H,15,16). The largest absolute Gasteiger partial charge is 0.478 e. The summed E-state index contributed by atoms with van der Waals surface area (Å²) < 4.78 is 1.80. The molecule has 0 spiro atoms. The molecule has 17 heavy (non-hydrogen) atoms. The van der Waals surface area contributed by atoms with Gasteiger partial charge in [0.25, 0.3) is 0 Å². The van der Waals surface area contributed by atoms with Gasteiger partial charge in [-0.1, -0.05) is 0 Å². The molecule has 0 amide bonds. The predicted molar refractivity (Wildman–Crippen MR) is 64.1 cm³/mol. The van der Waals surface area contributed by atoms with Crippen LogP contribution in [0.25, 0.3) is 0 Å². The van der Waals surface area contributed by atoms with E-state index in [1.165, 1.54) is 11.8 Å². The van der Waals surface area contributed by atoms with Crippen molar-refractivity contribution in [2.24, 2.45) is 0 Å². The highest BCUT2D eigenvalue weighted by Crippen LogP contribution is 2.19. The Labute approximate surface area is 102 Å². The van der Waals surface area contributed by atoms with E-state index in [9.17, 15) is 4.79 Å². The van der Waals surface area contributed by atoms with Gasteiger partial charge in [-0.15, -0.1) is 11.8 Å². The molecule has 0 aliphatic rings. The van der Waals surface area contributed by atoms with Crippen LogP contribution in [0.5, 0.6) is 0 Å². The molecule has 2 aromatic heterocycles. The van der Waals surface area contributed by atoms with E-state index in [2.05, 4.69) is 10.1 Å². The third-order valence-corrected chi connectivity index (χ3v) is 3.11. The Bertz CT molecular complexity index is 499. The fraction of sp³-hybridized carbons (Fsp3) is 0.182. The minimum atomic E-state index is -0.945. The number of aromatic carboxylic acids is 1. The monoisotopic (exact) mass is 249 g/mol. The lowest BCUT2D eigenvalue weighted by Crippen LogP contribution is -2.03. The number of carboxylic acid groups (broad SMARTS) is 1. The number of nitrogens with zero attached hydrogens (tertiary/aromatic N) is 3. The Hall–Kier alpha value is -1.82. The van der Waals surface area contributed by atoms with Crippen LogP contribution in [-0.2, 0) is 6.54 Å². The molecule has 0 unspecified atom stereocenters. The van der Waals surface area contributed by atoms with Crippen LogP contribution in [0.15, 0.2) is 41.8 Å². The zero-order valence-corrected chi connectivity index (χ0v) is 9.80. The lowest BCUT2D eigenvalue weighted by atomic mass is 10.3. The summed E-state index contributed by atoms with van der Waals surface area (Å²) in [5, 5.41) is 13.6. The molecule has 1 N–H and O–H groups in total. The Morgan fingerprint density at radius 3 is 3.00 bits per heavy atom. The second kappa shape index (κ2) is 5.49. The van der Waals surface area contributed by atoms with Crippen LogP contribution in [0.3, 0.4) is 0 Å². The Balaban J connectivity index is 1.97. The first-order chi connectivity index (χ1) is 8.27. The number of pyridine rings is 1. The molecule has 6 heteroatoms. The molecule has 0 atom stereocenters. The van der Waals surface area contributed by atoms with Crippen LogP contribution in [0.2, 0.25) is 0 Å². The van der Waals surface area contributed by atoms with Gasteiger partial charge in [-0.05, 0) is 18.2 Å². The van der Waals surface area contributed by atoms with Crippen molar-refractivity contribution in [3.05, 3.63) is 42.4 Å². The van der Waals surface area contributed by atoms with E-state index < -0.39 is 5.97 Å². The maximum Gasteiger partial charge on any atom is 0.338 e. The normalized spacial score (nSPS) is 10.4. The van der Waals surface area contributed by atoms with Gasteiger partial charge in [0.05, 0.1) is 12.1 Å². The smallest absolute Gasteiger partial charge is 0.338 e. The molecule has 0 aliphatic heterocycles. The van der Waals surface area contributed by atoms with Crippen LogP contribution in [0, 0.1) is 0 Å². The maximum absolute atomic E-state index is 10.9. The van der Waals surface area contributed by atoms with E-state index in [-0.39, 0.29) is 5.56 Å². The number of rotatable bonds is 5. The van der Waals surface area contributed by atoms with Crippen molar-refractivity contribution in [3.8, 4) is 0 Å². The Morgan fingerprint density at radius 2 is 2.29 bits per heavy atom. The van der Waals surface area contributed by atoms with Crippen LogP contribution in [0.1, 0.15) is 10.4 Å². The molecule has 0 radical (unpaired) electrons. The van der Waals surface area contributed by atoms with Crippen molar-refractivity contribution in [2.75, 3.05) is 5.75 Å². The number of aromatic nitrogens is 3. The molecule has 2 aromatic rings. The summed E-state index contributed by atoms with van der Waals surface area (Å²) in [5.74, 6) is -0.210. The molecule has 0 aromatic carbocycles. The molecular weight excluding hydrogens is 238 g/mol. The lowest BCUT2D eigenvalue weighted by Gasteiger charge is -2.04. The minimum Gasteiger partial charge on any atom is -0.478 e. The van der Waals surface area contributed by atoms with E-state index in [0.717, 1.165) is 12.3 Å². The fourth-order valence-corrected chi connectivity index (χ4v) is 2.26. The maximum atomic E-state index is 10.9. The Kier molecular flexibility index (Phi) is 3.77. The number of hydrogen-bond acceptors (Lipinski definition) is 4. The van der Waals surface area contributed by atoms with Gasteiger partial charge in [0.15, 0.2) is 0 Å². The number of hydrogen-bond donors (Lipinski definition) is 1. The molecule has 0 saturated heterocycles. The highest BCUT2D eigenvalue weighted by Gasteiger charge is 2.10. The molecule has 5 nitrogen and oxygen atoms in total. The van der Waals surface area contributed by atoms with Crippen LogP contribution in [0.4, 0.5) is 0 Å². The lowest BCUT2D eigenvalue weighted by molar-refractivity contribution is 0.0692. The number of carbonyl (C=O) groups is 1.